The summed E-state index contributed by atoms with van der Waals surface area (Å²) in [5, 5.41) is 9.20. The summed E-state index contributed by atoms with van der Waals surface area (Å²) >= 11 is 16.1. The van der Waals surface area contributed by atoms with Crippen molar-refractivity contribution in [2.45, 2.75) is 43.3 Å². The molecule has 11 heteroatoms. The molecular formula is C29H25BrCl2FN5O2. The predicted molar refractivity (Wildman–Crippen MR) is 156 cm³/mol. The lowest BCUT2D eigenvalue weighted by molar-refractivity contribution is -0.127. The Morgan fingerprint density at radius 1 is 1.23 bits per heavy atom. The fourth-order valence-electron chi connectivity index (χ4n) is 6.45. The van der Waals surface area contributed by atoms with Gasteiger partial charge in [0.15, 0.2) is 5.65 Å². The lowest BCUT2D eigenvalue weighted by atomic mass is 9.77. The quantitative estimate of drug-likeness (QED) is 0.257. The number of carbonyl (C=O) groups is 1. The van der Waals surface area contributed by atoms with Crippen molar-refractivity contribution in [1.29, 1.82) is 0 Å². The number of rotatable bonds is 5. The number of pyridine rings is 1. The fraction of sp³-hybridized carbons (Fsp3) is 0.345. The minimum atomic E-state index is -1.18. The number of hydrogen-bond donors (Lipinski definition) is 1. The summed E-state index contributed by atoms with van der Waals surface area (Å²) in [6.45, 7) is 2.91. The number of halogens is 4. The van der Waals surface area contributed by atoms with Crippen LogP contribution in [0.5, 0.6) is 5.88 Å². The summed E-state index contributed by atoms with van der Waals surface area (Å²) in [5.74, 6) is -0.419. The summed E-state index contributed by atoms with van der Waals surface area (Å²) < 4.78 is 24.9. The number of amides is 1. The summed E-state index contributed by atoms with van der Waals surface area (Å²) in [7, 11) is 0. The van der Waals surface area contributed by atoms with Gasteiger partial charge in [-0.25, -0.2) is 14.1 Å². The van der Waals surface area contributed by atoms with Gasteiger partial charge in [-0.05, 0) is 77.5 Å². The van der Waals surface area contributed by atoms with Crippen LogP contribution < -0.4 is 10.1 Å². The second-order valence-electron chi connectivity index (χ2n) is 11.0. The topological polar surface area (TPSA) is 72.3 Å². The van der Waals surface area contributed by atoms with Gasteiger partial charge in [0.05, 0.1) is 22.5 Å². The van der Waals surface area contributed by atoms with Gasteiger partial charge < -0.3 is 10.1 Å². The van der Waals surface area contributed by atoms with E-state index in [4.69, 9.17) is 33.0 Å². The smallest absolute Gasteiger partial charge is 0.245 e. The van der Waals surface area contributed by atoms with Crippen molar-refractivity contribution in [1.82, 2.24) is 19.7 Å². The van der Waals surface area contributed by atoms with Gasteiger partial charge in [0.25, 0.3) is 0 Å². The van der Waals surface area contributed by atoms with Crippen molar-refractivity contribution >= 4 is 61.8 Å². The molecule has 4 aromatic rings. The Labute approximate surface area is 248 Å². The van der Waals surface area contributed by atoms with E-state index in [9.17, 15) is 4.79 Å². The number of likely N-dealkylation sites (tertiary alicyclic amines) is 1. The number of hydrogen-bond acceptors (Lipinski definition) is 5. The molecule has 1 amide bonds. The molecular weight excluding hydrogens is 620 g/mol. The van der Waals surface area contributed by atoms with E-state index in [0.717, 1.165) is 22.7 Å². The predicted octanol–water partition coefficient (Wildman–Crippen LogP) is 6.85. The van der Waals surface area contributed by atoms with E-state index in [0.29, 0.717) is 46.9 Å². The number of benzene rings is 2. The highest BCUT2D eigenvalue weighted by Gasteiger charge is 2.64. The SMILES string of the molecule is C[C@]1(C(=O)Nc2cccc(Cl)c2)[C@@H](c2cccc(Cl)c2F)[C@H]2[C@H](COc3c4cc(Br)cnc4nn32)N1CC1CC1. The number of anilines is 1. The molecule has 7 nitrogen and oxygen atoms in total. The number of carbonyl (C=O) groups excluding carboxylic acids is 1. The van der Waals surface area contributed by atoms with Crippen LogP contribution in [0, 0.1) is 11.7 Å². The zero-order chi connectivity index (χ0) is 27.8. The average molecular weight is 645 g/mol. The lowest BCUT2D eigenvalue weighted by Crippen LogP contribution is -2.57. The van der Waals surface area contributed by atoms with Gasteiger partial charge in [0.1, 0.15) is 18.0 Å². The molecule has 1 N–H and O–H groups in total. The third-order valence-corrected chi connectivity index (χ3v) is 9.46. The van der Waals surface area contributed by atoms with E-state index >= 15 is 4.39 Å². The third-order valence-electron chi connectivity index (χ3n) is 8.50. The van der Waals surface area contributed by atoms with Crippen LogP contribution in [0.3, 0.4) is 0 Å². The van der Waals surface area contributed by atoms with Gasteiger partial charge in [0.2, 0.25) is 11.8 Å². The van der Waals surface area contributed by atoms with Crippen LogP contribution in [-0.4, -0.2) is 50.3 Å². The molecule has 0 spiro atoms. The van der Waals surface area contributed by atoms with Crippen molar-refractivity contribution in [2.24, 2.45) is 5.92 Å². The van der Waals surface area contributed by atoms with Gasteiger partial charge in [-0.2, -0.15) is 0 Å². The first-order valence-corrected chi connectivity index (χ1v) is 14.7. The van der Waals surface area contributed by atoms with E-state index in [1.54, 1.807) is 47.3 Å². The molecule has 4 atom stereocenters. The molecule has 4 heterocycles. The number of aromatic nitrogens is 3. The molecule has 1 saturated carbocycles. The summed E-state index contributed by atoms with van der Waals surface area (Å²) in [4.78, 5) is 21.2. The van der Waals surface area contributed by atoms with E-state index in [-0.39, 0.29) is 17.0 Å². The maximum atomic E-state index is 16.0. The monoisotopic (exact) mass is 643 g/mol. The number of nitrogens with one attached hydrogen (secondary N) is 1. The minimum absolute atomic E-state index is 0.01000. The number of fused-ring (bicyclic) bond motifs is 5. The highest BCUT2D eigenvalue weighted by atomic mass is 79.9. The molecule has 3 aliphatic rings. The van der Waals surface area contributed by atoms with Crippen LogP contribution in [0.1, 0.15) is 37.3 Å². The van der Waals surface area contributed by atoms with Crippen molar-refractivity contribution in [3.05, 3.63) is 80.6 Å². The van der Waals surface area contributed by atoms with Crippen LogP contribution >= 0.6 is 39.1 Å². The van der Waals surface area contributed by atoms with Crippen molar-refractivity contribution in [2.75, 3.05) is 18.5 Å². The molecule has 0 bridgehead atoms. The standard InChI is InChI=1S/C29H25BrCl2FN5O2/c1-29(28(39)35-18-5-2-4-17(31)11-18)23(19-6-3-7-21(32)24(19)33)25-22(37(29)13-15-8-9-15)14-40-27-20-10-16(30)12-34-26(20)36-38(25)27/h2-7,10-12,15,22-23,25H,8-9,13-14H2,1H3,(H,35,39)/t22-,23-,25+,29+/m0/s1. The Balaban J connectivity index is 1.44. The minimum Gasteiger partial charge on any atom is -0.476 e. The Kier molecular flexibility index (Phi) is 6.34. The van der Waals surface area contributed by atoms with Crippen molar-refractivity contribution in [3.63, 3.8) is 0 Å². The molecule has 40 heavy (non-hydrogen) atoms. The molecule has 2 aliphatic heterocycles. The summed E-state index contributed by atoms with van der Waals surface area (Å²) in [6.07, 6.45) is 3.86. The highest BCUT2D eigenvalue weighted by Crippen LogP contribution is 2.57. The van der Waals surface area contributed by atoms with Crippen LogP contribution in [0.4, 0.5) is 10.1 Å². The molecule has 2 aromatic heterocycles. The van der Waals surface area contributed by atoms with E-state index in [1.165, 1.54) is 6.07 Å². The molecule has 2 fully saturated rings. The first-order chi connectivity index (χ1) is 19.3. The fourth-order valence-corrected chi connectivity index (χ4v) is 7.16. The largest absolute Gasteiger partial charge is 0.476 e. The first kappa shape index (κ1) is 26.2. The van der Waals surface area contributed by atoms with Crippen LogP contribution in [0.2, 0.25) is 10.0 Å². The van der Waals surface area contributed by atoms with Crippen molar-refractivity contribution in [3.8, 4) is 5.88 Å². The zero-order valence-corrected chi connectivity index (χ0v) is 24.5. The number of ether oxygens (including phenoxy) is 1. The first-order valence-electron chi connectivity index (χ1n) is 13.2. The molecule has 7 rings (SSSR count). The van der Waals surface area contributed by atoms with Gasteiger partial charge in [-0.1, -0.05) is 41.4 Å². The second-order valence-corrected chi connectivity index (χ2v) is 12.7. The van der Waals surface area contributed by atoms with Gasteiger partial charge in [0, 0.05) is 33.8 Å². The van der Waals surface area contributed by atoms with E-state index in [1.807, 2.05) is 13.0 Å². The number of nitrogens with zero attached hydrogens (tertiary/aromatic N) is 4. The Hall–Kier alpha value is -2.72. The third kappa shape index (κ3) is 4.12. The molecule has 206 valence electrons. The van der Waals surface area contributed by atoms with E-state index in [2.05, 4.69) is 31.1 Å². The highest BCUT2D eigenvalue weighted by molar-refractivity contribution is 9.10. The second kappa shape index (κ2) is 9.69. The van der Waals surface area contributed by atoms with Crippen LogP contribution in [0.15, 0.2) is 59.2 Å². The Bertz CT molecular complexity index is 1660. The lowest BCUT2D eigenvalue weighted by Gasteiger charge is -2.39. The average Bonchev–Trinajstić information content (AvgIpc) is 3.62. The summed E-state index contributed by atoms with van der Waals surface area (Å²) in [6, 6.07) is 13.3. The molecule has 1 aliphatic carbocycles. The van der Waals surface area contributed by atoms with Crippen molar-refractivity contribution < 1.29 is 13.9 Å². The molecule has 1 saturated heterocycles. The van der Waals surface area contributed by atoms with E-state index < -0.39 is 23.3 Å². The van der Waals surface area contributed by atoms with Gasteiger partial charge >= 0.3 is 0 Å². The molecule has 0 unspecified atom stereocenters. The van der Waals surface area contributed by atoms with Crippen LogP contribution in [0.25, 0.3) is 11.0 Å². The maximum Gasteiger partial charge on any atom is 0.245 e. The van der Waals surface area contributed by atoms with Gasteiger partial charge in [-0.15, -0.1) is 5.10 Å². The Morgan fingerprint density at radius 3 is 2.80 bits per heavy atom. The maximum absolute atomic E-state index is 16.0. The van der Waals surface area contributed by atoms with Crippen LogP contribution in [-0.2, 0) is 4.79 Å². The summed E-state index contributed by atoms with van der Waals surface area (Å²) in [5.41, 5.74) is 0.283. The zero-order valence-electron chi connectivity index (χ0n) is 21.5. The van der Waals surface area contributed by atoms with Gasteiger partial charge in [-0.3, -0.25) is 9.69 Å². The normalized spacial score (nSPS) is 25.9. The molecule has 0 radical (unpaired) electrons. The molecule has 2 aromatic carbocycles. The Morgan fingerprint density at radius 2 is 2.02 bits per heavy atom.